The van der Waals surface area contributed by atoms with Crippen molar-refractivity contribution in [2.24, 2.45) is 17.6 Å². The largest absolute Gasteiger partial charge is 0.337 e. The topological polar surface area (TPSA) is 59.2 Å². The Balaban J connectivity index is 0.00000200. The van der Waals surface area contributed by atoms with Gasteiger partial charge in [-0.15, -0.1) is 23.7 Å². The highest BCUT2D eigenvalue weighted by Gasteiger charge is 2.28. The molecule has 1 atom stereocenters. The normalized spacial score (nSPS) is 18.4. The molecule has 6 heteroatoms. The van der Waals surface area contributed by atoms with Gasteiger partial charge in [0.1, 0.15) is 5.69 Å². The Hall–Kier alpha value is -0.650. The molecule has 114 valence electrons. The molecule has 2 rings (SSSR count). The van der Waals surface area contributed by atoms with Crippen LogP contribution in [0.15, 0.2) is 5.38 Å². The van der Waals surface area contributed by atoms with E-state index < -0.39 is 0 Å². The summed E-state index contributed by atoms with van der Waals surface area (Å²) in [7, 11) is 0. The number of hydrogen-bond acceptors (Lipinski definition) is 4. The summed E-state index contributed by atoms with van der Waals surface area (Å²) in [6, 6.07) is 0. The number of thiazole rings is 1. The molecular weight excluding hydrogens is 294 g/mol. The number of carbonyl (C=O) groups is 1. The Kier molecular flexibility index (Phi) is 6.92. The molecule has 2 heterocycles. The van der Waals surface area contributed by atoms with E-state index >= 15 is 0 Å². The number of aromatic nitrogens is 1. The summed E-state index contributed by atoms with van der Waals surface area (Å²) in [5, 5.41) is 2.83. The minimum atomic E-state index is 0. The van der Waals surface area contributed by atoms with Crippen molar-refractivity contribution >= 4 is 29.7 Å². The molecule has 0 saturated carbocycles. The van der Waals surface area contributed by atoms with Gasteiger partial charge in [-0.25, -0.2) is 4.98 Å². The van der Waals surface area contributed by atoms with Gasteiger partial charge in [-0.05, 0) is 31.2 Å². The van der Waals surface area contributed by atoms with E-state index in [0.717, 1.165) is 30.9 Å². The maximum absolute atomic E-state index is 12.3. The lowest BCUT2D eigenvalue weighted by Crippen LogP contribution is -2.29. The van der Waals surface area contributed by atoms with Gasteiger partial charge in [0, 0.05) is 24.9 Å². The molecule has 1 aliphatic rings. The van der Waals surface area contributed by atoms with Crippen molar-refractivity contribution in [2.75, 3.05) is 19.6 Å². The standard InChI is InChI=1S/C14H23N3OS.ClH/c1-10(2)7-11-4-6-17(8-11)14(18)12-9-19-13(16-12)3-5-15;/h9-11H,3-8,15H2,1-2H3;1H. The molecule has 20 heavy (non-hydrogen) atoms. The Morgan fingerprint density at radius 1 is 1.60 bits per heavy atom. The van der Waals surface area contributed by atoms with E-state index in [9.17, 15) is 4.79 Å². The van der Waals surface area contributed by atoms with Crippen molar-refractivity contribution in [3.8, 4) is 0 Å². The van der Waals surface area contributed by atoms with Crippen LogP contribution >= 0.6 is 23.7 Å². The molecule has 1 aliphatic heterocycles. The molecular formula is C14H24ClN3OS. The van der Waals surface area contributed by atoms with Gasteiger partial charge in [-0.2, -0.15) is 0 Å². The summed E-state index contributed by atoms with van der Waals surface area (Å²) >= 11 is 1.53. The number of rotatable bonds is 5. The van der Waals surface area contributed by atoms with Crippen molar-refractivity contribution in [2.45, 2.75) is 33.1 Å². The fraction of sp³-hybridized carbons (Fsp3) is 0.714. The maximum Gasteiger partial charge on any atom is 0.273 e. The second kappa shape index (κ2) is 7.96. The molecule has 4 nitrogen and oxygen atoms in total. The molecule has 1 fully saturated rings. The zero-order chi connectivity index (χ0) is 13.8. The molecule has 1 saturated heterocycles. The van der Waals surface area contributed by atoms with Crippen molar-refractivity contribution in [1.82, 2.24) is 9.88 Å². The van der Waals surface area contributed by atoms with Crippen LogP contribution in [-0.2, 0) is 6.42 Å². The van der Waals surface area contributed by atoms with Crippen LogP contribution in [0.2, 0.25) is 0 Å². The first-order valence-electron chi connectivity index (χ1n) is 7.04. The number of amides is 1. The lowest BCUT2D eigenvalue weighted by atomic mass is 9.97. The van der Waals surface area contributed by atoms with Gasteiger partial charge in [-0.3, -0.25) is 4.79 Å². The number of nitrogens with zero attached hydrogens (tertiary/aromatic N) is 2. The van der Waals surface area contributed by atoms with Gasteiger partial charge in [0.2, 0.25) is 0 Å². The van der Waals surface area contributed by atoms with Crippen LogP contribution in [0.4, 0.5) is 0 Å². The summed E-state index contributed by atoms with van der Waals surface area (Å²) in [6.45, 7) is 6.83. The zero-order valence-electron chi connectivity index (χ0n) is 12.2. The fourth-order valence-electron chi connectivity index (χ4n) is 2.69. The van der Waals surface area contributed by atoms with E-state index in [1.165, 1.54) is 17.8 Å². The molecule has 0 radical (unpaired) electrons. The van der Waals surface area contributed by atoms with E-state index in [4.69, 9.17) is 5.73 Å². The molecule has 0 aliphatic carbocycles. The first-order valence-corrected chi connectivity index (χ1v) is 7.92. The molecule has 1 unspecified atom stereocenters. The van der Waals surface area contributed by atoms with Gasteiger partial charge in [0.15, 0.2) is 0 Å². The summed E-state index contributed by atoms with van der Waals surface area (Å²) in [5.41, 5.74) is 6.10. The second-order valence-electron chi connectivity index (χ2n) is 5.70. The average Bonchev–Trinajstić information content (AvgIpc) is 2.97. The predicted octanol–water partition coefficient (Wildman–Crippen LogP) is 2.57. The van der Waals surface area contributed by atoms with Gasteiger partial charge in [0.25, 0.3) is 5.91 Å². The molecule has 1 aromatic rings. The van der Waals surface area contributed by atoms with Crippen LogP contribution < -0.4 is 5.73 Å². The van der Waals surface area contributed by atoms with Gasteiger partial charge < -0.3 is 10.6 Å². The van der Waals surface area contributed by atoms with Gasteiger partial charge >= 0.3 is 0 Å². The monoisotopic (exact) mass is 317 g/mol. The minimum absolute atomic E-state index is 0. The molecule has 1 aromatic heterocycles. The maximum atomic E-state index is 12.3. The van der Waals surface area contributed by atoms with Gasteiger partial charge in [0.05, 0.1) is 5.01 Å². The van der Waals surface area contributed by atoms with E-state index in [1.807, 2.05) is 10.3 Å². The quantitative estimate of drug-likeness (QED) is 0.908. The Bertz CT molecular complexity index is 436. The third-order valence-corrected chi connectivity index (χ3v) is 4.42. The van der Waals surface area contributed by atoms with E-state index in [1.54, 1.807) is 0 Å². The Morgan fingerprint density at radius 3 is 3.00 bits per heavy atom. The third-order valence-electron chi connectivity index (χ3n) is 3.51. The molecule has 0 aromatic carbocycles. The third kappa shape index (κ3) is 4.43. The Morgan fingerprint density at radius 2 is 2.35 bits per heavy atom. The van der Waals surface area contributed by atoms with Crippen molar-refractivity contribution in [3.63, 3.8) is 0 Å². The van der Waals surface area contributed by atoms with Crippen molar-refractivity contribution in [1.29, 1.82) is 0 Å². The van der Waals surface area contributed by atoms with E-state index in [2.05, 4.69) is 18.8 Å². The summed E-state index contributed by atoms with van der Waals surface area (Å²) in [5.74, 6) is 1.45. The number of nitrogens with two attached hydrogens (primary N) is 1. The number of carbonyl (C=O) groups excluding carboxylic acids is 1. The predicted molar refractivity (Wildman–Crippen MR) is 85.6 cm³/mol. The number of likely N-dealkylation sites (tertiary alicyclic amines) is 1. The number of hydrogen-bond donors (Lipinski definition) is 1. The Labute approximate surface area is 131 Å². The highest BCUT2D eigenvalue weighted by molar-refractivity contribution is 7.09. The molecule has 0 bridgehead atoms. The van der Waals surface area contributed by atoms with E-state index in [0.29, 0.717) is 24.1 Å². The summed E-state index contributed by atoms with van der Waals surface area (Å²) < 4.78 is 0. The van der Waals surface area contributed by atoms with Crippen LogP contribution in [-0.4, -0.2) is 35.4 Å². The minimum Gasteiger partial charge on any atom is -0.337 e. The van der Waals surface area contributed by atoms with Crippen molar-refractivity contribution in [3.05, 3.63) is 16.1 Å². The van der Waals surface area contributed by atoms with Gasteiger partial charge in [-0.1, -0.05) is 13.8 Å². The molecule has 2 N–H and O–H groups in total. The second-order valence-corrected chi connectivity index (χ2v) is 6.64. The highest BCUT2D eigenvalue weighted by atomic mass is 35.5. The first kappa shape index (κ1) is 17.4. The van der Waals surface area contributed by atoms with Crippen LogP contribution in [0, 0.1) is 11.8 Å². The van der Waals surface area contributed by atoms with Crippen LogP contribution in [0.5, 0.6) is 0 Å². The number of halogens is 1. The molecule has 0 spiro atoms. The van der Waals surface area contributed by atoms with Crippen molar-refractivity contribution < 1.29 is 4.79 Å². The fourth-order valence-corrected chi connectivity index (χ4v) is 3.47. The lowest BCUT2D eigenvalue weighted by Gasteiger charge is -2.16. The van der Waals surface area contributed by atoms with Crippen LogP contribution in [0.1, 0.15) is 42.2 Å². The SMILES string of the molecule is CC(C)CC1CCN(C(=O)c2csc(CCN)n2)C1.Cl. The summed E-state index contributed by atoms with van der Waals surface area (Å²) in [6.07, 6.45) is 3.09. The smallest absolute Gasteiger partial charge is 0.273 e. The van der Waals surface area contributed by atoms with E-state index in [-0.39, 0.29) is 18.3 Å². The lowest BCUT2D eigenvalue weighted by molar-refractivity contribution is 0.0780. The molecule has 1 amide bonds. The highest BCUT2D eigenvalue weighted by Crippen LogP contribution is 2.24. The van der Waals surface area contributed by atoms with Crippen LogP contribution in [0.3, 0.4) is 0 Å². The average molecular weight is 318 g/mol. The first-order chi connectivity index (χ1) is 9.10. The summed E-state index contributed by atoms with van der Waals surface area (Å²) in [4.78, 5) is 18.7. The zero-order valence-corrected chi connectivity index (χ0v) is 13.8. The van der Waals surface area contributed by atoms with Crippen LogP contribution in [0.25, 0.3) is 0 Å².